The lowest BCUT2D eigenvalue weighted by atomic mass is 10.0. The van der Waals surface area contributed by atoms with E-state index in [1.54, 1.807) is 24.4 Å². The number of hydrogen-bond donors (Lipinski definition) is 1. The Kier molecular flexibility index (Phi) is 12.0. The first-order chi connectivity index (χ1) is 17.4. The maximum Gasteiger partial charge on any atom is 0.240 e. The molecule has 3 rings (SSSR count). The van der Waals surface area contributed by atoms with E-state index in [-0.39, 0.29) is 11.9 Å². The predicted octanol–water partition coefficient (Wildman–Crippen LogP) is 4.55. The third kappa shape index (κ3) is 8.42. The fourth-order valence-electron chi connectivity index (χ4n) is 3.66. The quantitative estimate of drug-likeness (QED) is 0.335. The van der Waals surface area contributed by atoms with Crippen LogP contribution in [-0.4, -0.2) is 49.7 Å². The highest BCUT2D eigenvalue weighted by Crippen LogP contribution is 2.22. The molecule has 2 aromatic carbocycles. The van der Waals surface area contributed by atoms with Crippen LogP contribution in [0.1, 0.15) is 47.8 Å². The van der Waals surface area contributed by atoms with Gasteiger partial charge in [0, 0.05) is 29.6 Å². The lowest BCUT2D eigenvalue weighted by Crippen LogP contribution is -2.42. The van der Waals surface area contributed by atoms with Gasteiger partial charge in [-0.05, 0) is 44.5 Å². The van der Waals surface area contributed by atoms with Crippen LogP contribution >= 0.6 is 0 Å². The number of nitrogens with zero attached hydrogens (tertiary/aromatic N) is 3. The Morgan fingerprint density at radius 2 is 1.94 bits per heavy atom. The molecule has 2 aromatic rings. The van der Waals surface area contributed by atoms with Gasteiger partial charge in [-0.3, -0.25) is 19.5 Å². The van der Waals surface area contributed by atoms with Crippen molar-refractivity contribution in [3.8, 4) is 6.07 Å². The van der Waals surface area contributed by atoms with Crippen LogP contribution < -0.4 is 5.32 Å². The van der Waals surface area contributed by atoms with Gasteiger partial charge >= 0.3 is 0 Å². The summed E-state index contributed by atoms with van der Waals surface area (Å²) in [6.45, 7) is 7.39. The molecule has 0 aliphatic carbocycles. The number of nitrogens with one attached hydrogen (secondary N) is 1. The number of aldehydes is 1. The van der Waals surface area contributed by atoms with Crippen LogP contribution in [0.5, 0.6) is 0 Å². The first-order valence-electron chi connectivity index (χ1n) is 11.8. The van der Waals surface area contributed by atoms with Gasteiger partial charge in [-0.25, -0.2) is 0 Å². The molecule has 0 saturated carbocycles. The predicted molar refractivity (Wildman–Crippen MR) is 143 cm³/mol. The molecule has 7 nitrogen and oxygen atoms in total. The summed E-state index contributed by atoms with van der Waals surface area (Å²) >= 11 is 0. The second-order valence-corrected chi connectivity index (χ2v) is 8.23. The Bertz CT molecular complexity index is 1140. The standard InChI is InChI=1S/C20H27N3O2.C9H7NO/c1-5-7-18(15(3)21-6-2)17-10-8-16(9-11-17)12-22-20(24)19-13-25-14-23(19)4;10-6-5-8-3-1-2-4-9(8)7-11/h5-11,19H,12-14H2,1-4H3,(H,22,24);1-4,7H,5H2/b7-5+,18-15+,21-6?;. The molecule has 1 N–H and O–H groups in total. The molecule has 1 atom stereocenters. The van der Waals surface area contributed by atoms with Gasteiger partial charge in [0.05, 0.1) is 25.8 Å². The van der Waals surface area contributed by atoms with Crippen molar-refractivity contribution in [2.75, 3.05) is 20.4 Å². The van der Waals surface area contributed by atoms with Gasteiger partial charge in [0.1, 0.15) is 12.3 Å². The van der Waals surface area contributed by atoms with E-state index in [1.165, 1.54) is 0 Å². The molecule has 0 aromatic heterocycles. The zero-order chi connectivity index (χ0) is 26.3. The molecule has 1 saturated heterocycles. The molecular weight excluding hydrogens is 452 g/mol. The van der Waals surface area contributed by atoms with Crippen LogP contribution in [0, 0.1) is 11.3 Å². The Hall–Kier alpha value is -3.86. The molecule has 7 heteroatoms. The third-order valence-corrected chi connectivity index (χ3v) is 5.63. The average Bonchev–Trinajstić information content (AvgIpc) is 3.33. The van der Waals surface area contributed by atoms with Crippen LogP contribution in [0.2, 0.25) is 0 Å². The van der Waals surface area contributed by atoms with Crippen LogP contribution in [0.3, 0.4) is 0 Å². The Morgan fingerprint density at radius 3 is 2.53 bits per heavy atom. The number of allylic oxidation sites excluding steroid dienone is 4. The molecule has 0 spiro atoms. The zero-order valence-electron chi connectivity index (χ0n) is 21.4. The lowest BCUT2D eigenvalue weighted by molar-refractivity contribution is -0.124. The maximum atomic E-state index is 12.2. The molecule has 1 aliphatic heterocycles. The fraction of sp³-hybridized carbons (Fsp3) is 0.310. The van der Waals surface area contributed by atoms with Crippen LogP contribution in [0.25, 0.3) is 5.57 Å². The summed E-state index contributed by atoms with van der Waals surface area (Å²) in [6.07, 6.45) is 6.95. The van der Waals surface area contributed by atoms with E-state index in [1.807, 2.05) is 63.1 Å². The molecule has 1 fully saturated rings. The van der Waals surface area contributed by atoms with Crippen molar-refractivity contribution in [3.63, 3.8) is 0 Å². The van der Waals surface area contributed by atoms with Crippen molar-refractivity contribution in [2.24, 2.45) is 4.99 Å². The van der Waals surface area contributed by atoms with Crippen LogP contribution in [-0.2, 0) is 22.5 Å². The Balaban J connectivity index is 0.000000346. The number of aliphatic imine (C=N–C) groups is 1. The summed E-state index contributed by atoms with van der Waals surface area (Å²) in [7, 11) is 1.89. The number of benzene rings is 2. The van der Waals surface area contributed by atoms with Crippen molar-refractivity contribution < 1.29 is 14.3 Å². The van der Waals surface area contributed by atoms with Gasteiger partial charge in [-0.2, -0.15) is 5.26 Å². The van der Waals surface area contributed by atoms with E-state index < -0.39 is 0 Å². The molecule has 36 heavy (non-hydrogen) atoms. The van der Waals surface area contributed by atoms with Crippen molar-refractivity contribution >= 4 is 24.0 Å². The number of carbonyl (C=O) groups is 2. The second kappa shape index (κ2) is 15.2. The van der Waals surface area contributed by atoms with E-state index in [9.17, 15) is 9.59 Å². The van der Waals surface area contributed by atoms with E-state index >= 15 is 0 Å². The SMILES string of the molecule is CC=N/C(C)=C(\C=C\C)c1ccc(CNC(=O)C2COCN2C)cc1.N#CCc1ccccc1C=O. The summed E-state index contributed by atoms with van der Waals surface area (Å²) in [5.41, 5.74) is 5.65. The fourth-order valence-corrected chi connectivity index (χ4v) is 3.66. The summed E-state index contributed by atoms with van der Waals surface area (Å²) in [5.74, 6) is 0.00621. The topological polar surface area (TPSA) is 94.8 Å². The number of likely N-dealkylation sites (N-methyl/N-ethyl adjacent to an activating group) is 1. The maximum absolute atomic E-state index is 12.2. The van der Waals surface area contributed by atoms with E-state index in [2.05, 4.69) is 28.5 Å². The molecule has 1 aliphatic rings. The lowest BCUT2D eigenvalue weighted by Gasteiger charge is -2.16. The Labute approximate surface area is 213 Å². The van der Waals surface area contributed by atoms with Gasteiger partial charge in [-0.15, -0.1) is 0 Å². The number of nitriles is 1. The van der Waals surface area contributed by atoms with Crippen molar-refractivity contribution in [3.05, 3.63) is 88.6 Å². The first kappa shape index (κ1) is 28.4. The second-order valence-electron chi connectivity index (χ2n) is 8.23. The van der Waals surface area contributed by atoms with Crippen molar-refractivity contribution in [2.45, 2.75) is 39.8 Å². The monoisotopic (exact) mass is 486 g/mol. The number of hydrogen-bond acceptors (Lipinski definition) is 6. The minimum absolute atomic E-state index is 0.00621. The van der Waals surface area contributed by atoms with Gasteiger partial charge < -0.3 is 10.1 Å². The largest absolute Gasteiger partial charge is 0.364 e. The number of amides is 1. The molecule has 188 valence electrons. The number of rotatable bonds is 8. The Morgan fingerprint density at radius 1 is 1.22 bits per heavy atom. The van der Waals surface area contributed by atoms with Gasteiger partial charge in [-0.1, -0.05) is 60.7 Å². The summed E-state index contributed by atoms with van der Waals surface area (Å²) < 4.78 is 5.29. The van der Waals surface area contributed by atoms with Crippen LogP contribution in [0.4, 0.5) is 0 Å². The molecule has 1 heterocycles. The molecule has 1 unspecified atom stereocenters. The minimum Gasteiger partial charge on any atom is -0.364 e. The first-order valence-corrected chi connectivity index (χ1v) is 11.8. The summed E-state index contributed by atoms with van der Waals surface area (Å²) in [6, 6.07) is 17.1. The molecule has 1 amide bonds. The van der Waals surface area contributed by atoms with Gasteiger partial charge in [0.2, 0.25) is 5.91 Å². The highest BCUT2D eigenvalue weighted by molar-refractivity contribution is 5.82. The van der Waals surface area contributed by atoms with Crippen molar-refractivity contribution in [1.82, 2.24) is 10.2 Å². The summed E-state index contributed by atoms with van der Waals surface area (Å²) in [5, 5.41) is 11.4. The highest BCUT2D eigenvalue weighted by atomic mass is 16.5. The molecular formula is C29H34N4O3. The average molecular weight is 487 g/mol. The number of carbonyl (C=O) groups excluding carboxylic acids is 2. The third-order valence-electron chi connectivity index (χ3n) is 5.63. The highest BCUT2D eigenvalue weighted by Gasteiger charge is 2.28. The smallest absolute Gasteiger partial charge is 0.240 e. The van der Waals surface area contributed by atoms with Gasteiger partial charge in [0.15, 0.2) is 0 Å². The van der Waals surface area contributed by atoms with Crippen LogP contribution in [0.15, 0.2) is 71.4 Å². The van der Waals surface area contributed by atoms with E-state index in [0.717, 1.165) is 34.2 Å². The minimum atomic E-state index is -0.196. The normalized spacial score (nSPS) is 16.2. The zero-order valence-corrected chi connectivity index (χ0v) is 21.4. The number of ether oxygens (including phenoxy) is 1. The van der Waals surface area contributed by atoms with Gasteiger partial charge in [0.25, 0.3) is 0 Å². The van der Waals surface area contributed by atoms with E-state index in [4.69, 9.17) is 10.00 Å². The van der Waals surface area contributed by atoms with Crippen molar-refractivity contribution in [1.29, 1.82) is 5.26 Å². The molecule has 0 bridgehead atoms. The van der Waals surface area contributed by atoms with E-state index in [0.29, 0.717) is 31.9 Å². The molecule has 0 radical (unpaired) electrons. The summed E-state index contributed by atoms with van der Waals surface area (Å²) in [4.78, 5) is 28.9.